The lowest BCUT2D eigenvalue weighted by molar-refractivity contribution is -0.0337. The van der Waals surface area contributed by atoms with Gasteiger partial charge in [0, 0.05) is 24.6 Å². The minimum Gasteiger partial charge on any atom is -0.497 e. The van der Waals surface area contributed by atoms with Crippen LogP contribution in [0.4, 0.5) is 0 Å². The van der Waals surface area contributed by atoms with Gasteiger partial charge >= 0.3 is 0 Å². The molecule has 0 bridgehead atoms. The zero-order valence-electron chi connectivity index (χ0n) is 15.0. The quantitative estimate of drug-likeness (QED) is 0.778. The van der Waals surface area contributed by atoms with Crippen LogP contribution in [0, 0.1) is 5.41 Å². The first-order valence-electron chi connectivity index (χ1n) is 8.88. The van der Waals surface area contributed by atoms with E-state index >= 15 is 0 Å². The number of benzene rings is 1. The summed E-state index contributed by atoms with van der Waals surface area (Å²) < 4.78 is 43.5. The Morgan fingerprint density at radius 3 is 2.58 bits per heavy atom. The number of fused-ring (bicyclic) bond motifs is 1. The van der Waals surface area contributed by atoms with E-state index in [1.165, 1.54) is 26.4 Å². The molecule has 1 atom stereocenters. The van der Waals surface area contributed by atoms with Crippen molar-refractivity contribution in [3.05, 3.63) is 17.7 Å². The summed E-state index contributed by atoms with van der Waals surface area (Å²) in [5.74, 6) is 0.0102. The SMILES string of the molecule is COc1cc(OC)c2c(c1)C(=O)N(CC1(C3CCCCO3)CC1)S2(=O)=O. The molecule has 142 valence electrons. The first-order valence-corrected chi connectivity index (χ1v) is 10.3. The van der Waals surface area contributed by atoms with Crippen LogP contribution in [0.1, 0.15) is 42.5 Å². The molecular formula is C18H23NO6S. The highest BCUT2D eigenvalue weighted by Gasteiger charge is 2.56. The van der Waals surface area contributed by atoms with Gasteiger partial charge in [-0.25, -0.2) is 12.7 Å². The van der Waals surface area contributed by atoms with E-state index in [0.717, 1.165) is 36.4 Å². The average Bonchev–Trinajstić information content (AvgIpc) is 3.42. The van der Waals surface area contributed by atoms with Gasteiger partial charge in [0.15, 0.2) is 0 Å². The smallest absolute Gasteiger partial charge is 0.271 e. The summed E-state index contributed by atoms with van der Waals surface area (Å²) in [7, 11) is -1.10. The molecule has 0 aromatic heterocycles. The van der Waals surface area contributed by atoms with Gasteiger partial charge in [-0.2, -0.15) is 0 Å². The molecule has 2 fully saturated rings. The van der Waals surface area contributed by atoms with Crippen molar-refractivity contribution in [1.82, 2.24) is 4.31 Å². The highest BCUT2D eigenvalue weighted by molar-refractivity contribution is 7.90. The number of hydrogen-bond acceptors (Lipinski definition) is 6. The topological polar surface area (TPSA) is 82.1 Å². The van der Waals surface area contributed by atoms with Crippen molar-refractivity contribution >= 4 is 15.9 Å². The van der Waals surface area contributed by atoms with E-state index in [4.69, 9.17) is 14.2 Å². The van der Waals surface area contributed by atoms with E-state index in [2.05, 4.69) is 0 Å². The largest absolute Gasteiger partial charge is 0.497 e. The normalized spacial score (nSPS) is 25.7. The van der Waals surface area contributed by atoms with Gasteiger partial charge in [0.05, 0.1) is 25.9 Å². The Morgan fingerprint density at radius 2 is 2.00 bits per heavy atom. The number of ether oxygens (including phenoxy) is 3. The second-order valence-corrected chi connectivity index (χ2v) is 9.04. The zero-order chi connectivity index (χ0) is 18.5. The predicted molar refractivity (Wildman–Crippen MR) is 93.0 cm³/mol. The van der Waals surface area contributed by atoms with Crippen LogP contribution in [0.2, 0.25) is 0 Å². The fourth-order valence-corrected chi connectivity index (χ4v) is 5.82. The maximum Gasteiger partial charge on any atom is 0.271 e. The Morgan fingerprint density at radius 1 is 1.23 bits per heavy atom. The molecule has 0 spiro atoms. The maximum atomic E-state index is 13.1. The van der Waals surface area contributed by atoms with Crippen molar-refractivity contribution < 1.29 is 27.4 Å². The second kappa shape index (κ2) is 6.13. The van der Waals surface area contributed by atoms with Crippen molar-refractivity contribution in [1.29, 1.82) is 0 Å². The standard InChI is InChI=1S/C18H23NO6S/c1-23-12-9-13-16(14(10-12)24-2)26(21,22)19(17(13)20)11-18(6-7-18)15-5-3-4-8-25-15/h9-10,15H,3-8,11H2,1-2H3. The Bertz CT molecular complexity index is 839. The first kappa shape index (κ1) is 17.6. The first-order chi connectivity index (χ1) is 12.4. The molecule has 2 heterocycles. The van der Waals surface area contributed by atoms with Crippen LogP contribution in [0.15, 0.2) is 17.0 Å². The zero-order valence-corrected chi connectivity index (χ0v) is 15.8. The molecule has 3 aliphatic rings. The molecule has 1 aromatic carbocycles. The molecule has 0 radical (unpaired) electrons. The van der Waals surface area contributed by atoms with Crippen molar-refractivity contribution in [3.63, 3.8) is 0 Å². The van der Waals surface area contributed by atoms with E-state index in [9.17, 15) is 13.2 Å². The summed E-state index contributed by atoms with van der Waals surface area (Å²) in [6.07, 6.45) is 4.83. The Balaban J connectivity index is 1.69. The highest BCUT2D eigenvalue weighted by atomic mass is 32.2. The fraction of sp³-hybridized carbons (Fsp3) is 0.611. The number of nitrogens with zero attached hydrogens (tertiary/aromatic N) is 1. The van der Waals surface area contributed by atoms with Gasteiger partial charge in [-0.3, -0.25) is 4.79 Å². The van der Waals surface area contributed by atoms with Crippen LogP contribution in [0.25, 0.3) is 0 Å². The summed E-state index contributed by atoms with van der Waals surface area (Å²) in [4.78, 5) is 12.9. The van der Waals surface area contributed by atoms with Crippen molar-refractivity contribution in [2.45, 2.75) is 43.1 Å². The summed E-state index contributed by atoms with van der Waals surface area (Å²) >= 11 is 0. The highest BCUT2D eigenvalue weighted by Crippen LogP contribution is 2.54. The Hall–Kier alpha value is -1.80. The van der Waals surface area contributed by atoms with Crippen molar-refractivity contribution in [3.8, 4) is 11.5 Å². The van der Waals surface area contributed by atoms with Gasteiger partial charge in [0.2, 0.25) is 0 Å². The van der Waals surface area contributed by atoms with E-state index in [1.807, 2.05) is 0 Å². The molecule has 1 aromatic rings. The van der Waals surface area contributed by atoms with Gasteiger partial charge in [0.1, 0.15) is 16.4 Å². The molecule has 1 unspecified atom stereocenters. The molecule has 4 rings (SSSR count). The molecular weight excluding hydrogens is 358 g/mol. The number of carbonyl (C=O) groups excluding carboxylic acids is 1. The molecule has 1 saturated carbocycles. The van der Waals surface area contributed by atoms with Gasteiger partial charge < -0.3 is 14.2 Å². The minimum atomic E-state index is -3.95. The lowest BCUT2D eigenvalue weighted by atomic mass is 9.92. The van der Waals surface area contributed by atoms with Crippen LogP contribution in [-0.4, -0.2) is 52.1 Å². The Labute approximate surface area is 153 Å². The number of rotatable bonds is 5. The summed E-state index contributed by atoms with van der Waals surface area (Å²) in [6, 6.07) is 2.96. The minimum absolute atomic E-state index is 0.0272. The third kappa shape index (κ3) is 2.58. The van der Waals surface area contributed by atoms with Gasteiger partial charge in [-0.05, 0) is 38.2 Å². The number of amides is 1. The predicted octanol–water partition coefficient (Wildman–Crippen LogP) is 2.20. The molecule has 1 aliphatic carbocycles. The molecule has 26 heavy (non-hydrogen) atoms. The lowest BCUT2D eigenvalue weighted by Gasteiger charge is -2.32. The maximum absolute atomic E-state index is 13.1. The molecule has 0 N–H and O–H groups in total. The Kier molecular flexibility index (Phi) is 4.15. The van der Waals surface area contributed by atoms with Crippen molar-refractivity contribution in [2.75, 3.05) is 27.4 Å². The molecule has 2 aliphatic heterocycles. The lowest BCUT2D eigenvalue weighted by Crippen LogP contribution is -2.42. The summed E-state index contributed by atoms with van der Waals surface area (Å²) in [6.45, 7) is 0.872. The van der Waals surface area contributed by atoms with E-state index < -0.39 is 15.9 Å². The van der Waals surface area contributed by atoms with Gasteiger partial charge in [0.25, 0.3) is 15.9 Å². The number of sulfonamides is 1. The molecule has 1 amide bonds. The second-order valence-electron chi connectivity index (χ2n) is 7.24. The molecule has 7 nitrogen and oxygen atoms in total. The van der Waals surface area contributed by atoms with Gasteiger partial charge in [-0.1, -0.05) is 0 Å². The van der Waals surface area contributed by atoms with Gasteiger partial charge in [-0.15, -0.1) is 0 Å². The van der Waals surface area contributed by atoms with Crippen molar-refractivity contribution in [2.24, 2.45) is 5.41 Å². The number of carbonyl (C=O) groups is 1. The van der Waals surface area contributed by atoms with E-state index in [1.54, 1.807) is 0 Å². The van der Waals surface area contributed by atoms with E-state index in [0.29, 0.717) is 12.4 Å². The molecule has 8 heteroatoms. The number of methoxy groups -OCH3 is 2. The van der Waals surface area contributed by atoms with E-state index in [-0.39, 0.29) is 34.3 Å². The van der Waals surface area contributed by atoms with Crippen LogP contribution in [0.3, 0.4) is 0 Å². The third-order valence-corrected chi connectivity index (χ3v) is 7.51. The third-order valence-electron chi connectivity index (χ3n) is 5.70. The van der Waals surface area contributed by atoms with Crippen LogP contribution in [-0.2, 0) is 14.8 Å². The molecule has 1 saturated heterocycles. The summed E-state index contributed by atoms with van der Waals surface area (Å²) in [5, 5.41) is 0. The van der Waals surface area contributed by atoms with Crippen LogP contribution in [0.5, 0.6) is 11.5 Å². The average molecular weight is 381 g/mol. The van der Waals surface area contributed by atoms with Crippen LogP contribution < -0.4 is 9.47 Å². The number of hydrogen-bond donors (Lipinski definition) is 0. The fourth-order valence-electron chi connectivity index (χ4n) is 4.03. The van der Waals surface area contributed by atoms with Crippen LogP contribution >= 0.6 is 0 Å². The summed E-state index contributed by atoms with van der Waals surface area (Å²) in [5.41, 5.74) is -0.135. The monoisotopic (exact) mass is 381 g/mol.